The smallest absolute Gasteiger partial charge is 0.225 e. The van der Waals surface area contributed by atoms with Crippen LogP contribution in [0.4, 0.5) is 10.1 Å². The Kier molecular flexibility index (Phi) is 8.08. The zero-order valence-corrected chi connectivity index (χ0v) is 19.7. The molecule has 0 radical (unpaired) electrons. The molecule has 0 aliphatic heterocycles. The molecular formula is C17H15BrCl2FNO5S2. The number of thiol groups is 1. The number of halogens is 4. The van der Waals surface area contributed by atoms with Crippen LogP contribution in [-0.2, 0) is 20.7 Å². The molecule has 0 N–H and O–H groups in total. The fourth-order valence-corrected chi connectivity index (χ4v) is 4.97. The second-order valence-electron chi connectivity index (χ2n) is 5.83. The maximum atomic E-state index is 13.2. The van der Waals surface area contributed by atoms with E-state index < -0.39 is 32.3 Å². The summed E-state index contributed by atoms with van der Waals surface area (Å²) in [6.07, 6.45) is 0. The summed E-state index contributed by atoms with van der Waals surface area (Å²) in [6, 6.07) is 5.85. The van der Waals surface area contributed by atoms with Crippen molar-refractivity contribution in [1.29, 1.82) is 0 Å². The summed E-state index contributed by atoms with van der Waals surface area (Å²) in [5.74, 6) is -1.66. The van der Waals surface area contributed by atoms with Crippen LogP contribution < -0.4 is 4.31 Å². The summed E-state index contributed by atoms with van der Waals surface area (Å²) in [6.45, 7) is 1.14. The van der Waals surface area contributed by atoms with E-state index in [1.54, 1.807) is 0 Å². The third kappa shape index (κ3) is 5.91. The SMILES string of the molecule is CCS(=O)(=O)CCN(c1cc(Br)c(C(=O)c2ccc(F)cc2Cl)cc1Cl)[SH](=O)=O. The summed E-state index contributed by atoms with van der Waals surface area (Å²) in [5.41, 5.74) is 0.135. The van der Waals surface area contributed by atoms with Crippen molar-refractivity contribution in [1.82, 2.24) is 0 Å². The molecule has 0 amide bonds. The van der Waals surface area contributed by atoms with Crippen molar-refractivity contribution in [2.45, 2.75) is 6.92 Å². The van der Waals surface area contributed by atoms with Crippen molar-refractivity contribution in [3.05, 3.63) is 61.8 Å². The van der Waals surface area contributed by atoms with Gasteiger partial charge in [-0.25, -0.2) is 21.2 Å². The van der Waals surface area contributed by atoms with E-state index >= 15 is 0 Å². The highest BCUT2D eigenvalue weighted by Crippen LogP contribution is 2.34. The molecule has 2 aromatic carbocycles. The maximum absolute atomic E-state index is 13.2. The molecule has 0 heterocycles. The molecular weight excluding hydrogens is 532 g/mol. The Morgan fingerprint density at radius 3 is 2.34 bits per heavy atom. The van der Waals surface area contributed by atoms with E-state index in [2.05, 4.69) is 15.9 Å². The number of carbonyl (C=O) groups is 1. The highest BCUT2D eigenvalue weighted by Gasteiger charge is 2.22. The number of carbonyl (C=O) groups excluding carboxylic acids is 1. The van der Waals surface area contributed by atoms with Crippen molar-refractivity contribution in [3.63, 3.8) is 0 Å². The third-order valence-electron chi connectivity index (χ3n) is 3.99. The molecule has 2 aromatic rings. The van der Waals surface area contributed by atoms with Gasteiger partial charge in [-0.05, 0) is 46.3 Å². The predicted octanol–water partition coefficient (Wildman–Crippen LogP) is 3.89. The van der Waals surface area contributed by atoms with Crippen molar-refractivity contribution in [2.75, 3.05) is 22.4 Å². The van der Waals surface area contributed by atoms with Crippen molar-refractivity contribution in [3.8, 4) is 0 Å². The van der Waals surface area contributed by atoms with Crippen molar-refractivity contribution >= 4 is 71.3 Å². The first kappa shape index (κ1) is 24.1. The van der Waals surface area contributed by atoms with E-state index in [-0.39, 0.29) is 49.4 Å². The van der Waals surface area contributed by atoms with E-state index in [1.807, 2.05) is 0 Å². The Morgan fingerprint density at radius 2 is 1.79 bits per heavy atom. The molecule has 0 aliphatic carbocycles. The Labute approximate surface area is 187 Å². The van der Waals surface area contributed by atoms with Crippen LogP contribution in [0.5, 0.6) is 0 Å². The van der Waals surface area contributed by atoms with Crippen LogP contribution in [0.1, 0.15) is 22.8 Å². The van der Waals surface area contributed by atoms with Crippen LogP contribution in [0, 0.1) is 5.82 Å². The van der Waals surface area contributed by atoms with Crippen LogP contribution in [-0.4, -0.2) is 40.7 Å². The molecule has 0 saturated carbocycles. The minimum absolute atomic E-state index is 0.0164. The van der Waals surface area contributed by atoms with Crippen LogP contribution in [0.25, 0.3) is 0 Å². The summed E-state index contributed by atoms with van der Waals surface area (Å²) >= 11 is 15.3. The monoisotopic (exact) mass is 545 g/mol. The van der Waals surface area contributed by atoms with Crippen LogP contribution in [0.2, 0.25) is 10.0 Å². The number of rotatable bonds is 8. The lowest BCUT2D eigenvalue weighted by atomic mass is 10.0. The van der Waals surface area contributed by atoms with Gasteiger partial charge in [-0.15, -0.1) is 0 Å². The maximum Gasteiger partial charge on any atom is 0.225 e. The van der Waals surface area contributed by atoms with E-state index in [4.69, 9.17) is 23.2 Å². The first-order valence-electron chi connectivity index (χ1n) is 8.08. The minimum Gasteiger partial charge on any atom is -0.289 e. The molecule has 0 spiro atoms. The number of ketones is 1. The van der Waals surface area contributed by atoms with Gasteiger partial charge in [-0.3, -0.25) is 9.10 Å². The number of benzene rings is 2. The lowest BCUT2D eigenvalue weighted by molar-refractivity contribution is 0.103. The van der Waals surface area contributed by atoms with Crippen LogP contribution >= 0.6 is 39.1 Å². The fraction of sp³-hybridized carbons (Fsp3) is 0.235. The Bertz CT molecular complexity index is 1130. The van der Waals surface area contributed by atoms with Gasteiger partial charge < -0.3 is 0 Å². The zero-order chi connectivity index (χ0) is 21.9. The van der Waals surface area contributed by atoms with Gasteiger partial charge in [0.1, 0.15) is 5.82 Å². The predicted molar refractivity (Wildman–Crippen MR) is 116 cm³/mol. The lowest BCUT2D eigenvalue weighted by Gasteiger charge is -2.20. The standard InChI is InChI=1S/C17H15BrCl2FNO5S2/c1-2-29(26,27)6-5-22(28(24)25)16-9-13(18)12(8-15(16)20)17(23)11-4-3-10(21)7-14(11)19/h3-4,7-9,28H,2,5-6H2,1H3. The topological polar surface area (TPSA) is 88.6 Å². The number of hydrogen-bond acceptors (Lipinski definition) is 5. The zero-order valence-electron chi connectivity index (χ0n) is 14.9. The Hall–Kier alpha value is -1.20. The molecule has 0 unspecified atom stereocenters. The molecule has 0 atom stereocenters. The molecule has 0 aromatic heterocycles. The fourth-order valence-electron chi connectivity index (χ4n) is 2.39. The van der Waals surface area contributed by atoms with Gasteiger partial charge >= 0.3 is 0 Å². The average Bonchev–Trinajstić information content (AvgIpc) is 2.63. The molecule has 0 bridgehead atoms. The van der Waals surface area contributed by atoms with Crippen molar-refractivity contribution in [2.24, 2.45) is 0 Å². The van der Waals surface area contributed by atoms with Crippen molar-refractivity contribution < 1.29 is 26.0 Å². The Balaban J connectivity index is 2.44. The first-order valence-corrected chi connectivity index (χ1v) is 12.6. The van der Waals surface area contributed by atoms with Gasteiger partial charge in [0.2, 0.25) is 10.9 Å². The molecule has 0 fully saturated rings. The van der Waals surface area contributed by atoms with Crippen LogP contribution in [0.15, 0.2) is 34.8 Å². The van der Waals surface area contributed by atoms with E-state index in [1.165, 1.54) is 25.1 Å². The molecule has 0 saturated heterocycles. The van der Waals surface area contributed by atoms with E-state index in [0.29, 0.717) is 0 Å². The van der Waals surface area contributed by atoms with E-state index in [0.717, 1.165) is 16.4 Å². The van der Waals surface area contributed by atoms with Gasteiger partial charge in [0.15, 0.2) is 15.6 Å². The molecule has 158 valence electrons. The lowest BCUT2D eigenvalue weighted by Crippen LogP contribution is -2.29. The number of hydrogen-bond donors (Lipinski definition) is 1. The highest BCUT2D eigenvalue weighted by atomic mass is 79.9. The summed E-state index contributed by atoms with van der Waals surface area (Å²) in [4.78, 5) is 12.8. The summed E-state index contributed by atoms with van der Waals surface area (Å²) in [5, 5.41) is -0.168. The summed E-state index contributed by atoms with van der Waals surface area (Å²) in [7, 11) is -6.60. The van der Waals surface area contributed by atoms with Gasteiger partial charge in [0, 0.05) is 27.9 Å². The van der Waals surface area contributed by atoms with Crippen LogP contribution in [0.3, 0.4) is 0 Å². The number of nitrogens with zero attached hydrogens (tertiary/aromatic N) is 1. The largest absolute Gasteiger partial charge is 0.289 e. The summed E-state index contributed by atoms with van der Waals surface area (Å²) < 4.78 is 61.0. The quantitative estimate of drug-likeness (QED) is 0.401. The Morgan fingerprint density at radius 1 is 1.14 bits per heavy atom. The molecule has 0 aliphatic rings. The van der Waals surface area contributed by atoms with Gasteiger partial charge in [0.05, 0.1) is 21.5 Å². The molecule has 29 heavy (non-hydrogen) atoms. The third-order valence-corrected chi connectivity index (χ3v) is 7.75. The molecule has 6 nitrogen and oxygen atoms in total. The normalized spacial score (nSPS) is 11.7. The minimum atomic E-state index is -3.41. The van der Waals surface area contributed by atoms with Gasteiger partial charge in [0.25, 0.3) is 0 Å². The number of anilines is 1. The second kappa shape index (κ2) is 9.74. The van der Waals surface area contributed by atoms with Gasteiger partial charge in [-0.1, -0.05) is 30.1 Å². The highest BCUT2D eigenvalue weighted by molar-refractivity contribution is 9.10. The van der Waals surface area contributed by atoms with E-state index in [9.17, 15) is 26.0 Å². The van der Waals surface area contributed by atoms with Gasteiger partial charge in [-0.2, -0.15) is 0 Å². The average molecular weight is 547 g/mol. The molecule has 12 heteroatoms. The first-order chi connectivity index (χ1) is 13.5. The molecule has 2 rings (SSSR count). The number of sulfone groups is 1. The second-order valence-corrected chi connectivity index (χ2v) is 10.9.